The number of anilines is 1. The molecule has 0 aromatic heterocycles. The molecule has 0 bridgehead atoms. The summed E-state index contributed by atoms with van der Waals surface area (Å²) in [7, 11) is 4.43. The van der Waals surface area contributed by atoms with Crippen molar-refractivity contribution in [2.45, 2.75) is 12.8 Å². The van der Waals surface area contributed by atoms with E-state index in [9.17, 15) is 14.4 Å². The third-order valence-corrected chi connectivity index (χ3v) is 4.85. The number of methoxy groups -OCH3 is 3. The van der Waals surface area contributed by atoms with Crippen LogP contribution in [0.4, 0.5) is 5.69 Å². The van der Waals surface area contributed by atoms with Crippen LogP contribution in [0.3, 0.4) is 0 Å². The van der Waals surface area contributed by atoms with Gasteiger partial charge in [-0.25, -0.2) is 0 Å². The summed E-state index contributed by atoms with van der Waals surface area (Å²) in [6.07, 6.45) is 4.90. The van der Waals surface area contributed by atoms with Crippen LogP contribution in [-0.4, -0.2) is 50.5 Å². The predicted molar refractivity (Wildman–Crippen MR) is 96.8 cm³/mol. The van der Waals surface area contributed by atoms with Crippen molar-refractivity contribution in [3.8, 4) is 17.2 Å². The Hall–Kier alpha value is -3.03. The molecule has 2 atom stereocenters. The third-order valence-electron chi connectivity index (χ3n) is 4.85. The Labute approximate surface area is 157 Å². The fourth-order valence-corrected chi connectivity index (χ4v) is 3.52. The van der Waals surface area contributed by atoms with Crippen LogP contribution in [0, 0.1) is 11.8 Å². The van der Waals surface area contributed by atoms with Crippen molar-refractivity contribution in [1.29, 1.82) is 0 Å². The second-order valence-electron chi connectivity index (χ2n) is 6.38. The monoisotopic (exact) mass is 374 g/mol. The van der Waals surface area contributed by atoms with Crippen molar-refractivity contribution < 1.29 is 28.6 Å². The molecular weight excluding hydrogens is 352 g/mol. The molecule has 1 N–H and O–H groups in total. The summed E-state index contributed by atoms with van der Waals surface area (Å²) in [6, 6.07) is 3.16. The Morgan fingerprint density at radius 3 is 1.96 bits per heavy atom. The molecule has 1 aliphatic heterocycles. The van der Waals surface area contributed by atoms with Crippen LogP contribution < -0.4 is 19.5 Å². The lowest BCUT2D eigenvalue weighted by Crippen LogP contribution is -2.38. The Morgan fingerprint density at radius 2 is 1.52 bits per heavy atom. The van der Waals surface area contributed by atoms with Gasteiger partial charge in [-0.1, -0.05) is 12.2 Å². The summed E-state index contributed by atoms with van der Waals surface area (Å²) >= 11 is 0. The van der Waals surface area contributed by atoms with E-state index < -0.39 is 5.91 Å². The summed E-state index contributed by atoms with van der Waals surface area (Å²) in [5, 5.41) is 2.68. The number of nitrogens with one attached hydrogen (secondary N) is 1. The summed E-state index contributed by atoms with van der Waals surface area (Å²) < 4.78 is 15.7. The first kappa shape index (κ1) is 18.8. The highest BCUT2D eigenvalue weighted by Crippen LogP contribution is 2.40. The zero-order chi connectivity index (χ0) is 19.6. The molecule has 3 rings (SSSR count). The van der Waals surface area contributed by atoms with Crippen molar-refractivity contribution in [3.05, 3.63) is 24.3 Å². The predicted octanol–water partition coefficient (Wildman–Crippen LogP) is 1.60. The fourth-order valence-electron chi connectivity index (χ4n) is 3.52. The fraction of sp³-hybridized carbons (Fsp3) is 0.421. The molecule has 0 radical (unpaired) electrons. The van der Waals surface area contributed by atoms with Crippen LogP contribution >= 0.6 is 0 Å². The number of nitrogens with zero attached hydrogens (tertiary/aromatic N) is 1. The quantitative estimate of drug-likeness (QED) is 0.600. The SMILES string of the molecule is COc1cc(NC(=O)CN2C(=O)C3CC=CCC3C2=O)cc(OC)c1OC. The van der Waals surface area contributed by atoms with E-state index in [4.69, 9.17) is 14.2 Å². The van der Waals surface area contributed by atoms with Gasteiger partial charge in [0.2, 0.25) is 23.5 Å². The molecule has 8 nitrogen and oxygen atoms in total. The topological polar surface area (TPSA) is 94.2 Å². The smallest absolute Gasteiger partial charge is 0.244 e. The zero-order valence-corrected chi connectivity index (χ0v) is 15.5. The van der Waals surface area contributed by atoms with E-state index >= 15 is 0 Å². The maximum Gasteiger partial charge on any atom is 0.244 e. The molecule has 27 heavy (non-hydrogen) atoms. The largest absolute Gasteiger partial charge is 0.493 e. The van der Waals surface area contributed by atoms with Crippen LogP contribution in [0.5, 0.6) is 17.2 Å². The number of hydrogen-bond acceptors (Lipinski definition) is 6. The zero-order valence-electron chi connectivity index (χ0n) is 15.5. The van der Waals surface area contributed by atoms with Gasteiger partial charge in [-0.2, -0.15) is 0 Å². The molecular formula is C19H22N2O6. The number of ether oxygens (including phenoxy) is 3. The van der Waals surface area contributed by atoms with Crippen LogP contribution in [0.25, 0.3) is 0 Å². The molecule has 2 unspecified atom stereocenters. The second kappa shape index (κ2) is 7.69. The highest BCUT2D eigenvalue weighted by Gasteiger charge is 2.47. The number of benzene rings is 1. The van der Waals surface area contributed by atoms with Crippen molar-refractivity contribution >= 4 is 23.4 Å². The van der Waals surface area contributed by atoms with Crippen molar-refractivity contribution in [2.24, 2.45) is 11.8 Å². The van der Waals surface area contributed by atoms with Crippen molar-refractivity contribution in [2.75, 3.05) is 33.2 Å². The average Bonchev–Trinajstić information content (AvgIpc) is 2.92. The molecule has 1 saturated heterocycles. The van der Waals surface area contributed by atoms with Gasteiger partial charge in [-0.3, -0.25) is 19.3 Å². The van der Waals surface area contributed by atoms with E-state index in [1.807, 2.05) is 12.2 Å². The van der Waals surface area contributed by atoms with Gasteiger partial charge in [0.15, 0.2) is 11.5 Å². The number of imide groups is 1. The Bertz CT molecular complexity index is 752. The average molecular weight is 374 g/mol. The number of carbonyl (C=O) groups excluding carboxylic acids is 3. The highest BCUT2D eigenvalue weighted by molar-refractivity contribution is 6.08. The highest BCUT2D eigenvalue weighted by atomic mass is 16.5. The molecule has 0 spiro atoms. The van der Waals surface area contributed by atoms with E-state index in [-0.39, 0.29) is 30.2 Å². The number of allylic oxidation sites excluding steroid dienone is 2. The van der Waals surface area contributed by atoms with Gasteiger partial charge in [-0.15, -0.1) is 0 Å². The summed E-state index contributed by atoms with van der Waals surface area (Å²) in [5.41, 5.74) is 0.410. The van der Waals surface area contributed by atoms with Gasteiger partial charge < -0.3 is 19.5 Å². The Kier molecular flexibility index (Phi) is 5.34. The Morgan fingerprint density at radius 1 is 1.00 bits per heavy atom. The van der Waals surface area contributed by atoms with E-state index in [2.05, 4.69) is 5.32 Å². The van der Waals surface area contributed by atoms with Crippen LogP contribution in [0.1, 0.15) is 12.8 Å². The van der Waals surface area contributed by atoms with Crippen LogP contribution in [0.15, 0.2) is 24.3 Å². The van der Waals surface area contributed by atoms with Crippen LogP contribution in [-0.2, 0) is 14.4 Å². The number of likely N-dealkylation sites (tertiary alicyclic amines) is 1. The first-order chi connectivity index (χ1) is 13.0. The maximum atomic E-state index is 12.5. The number of carbonyl (C=O) groups is 3. The molecule has 144 valence electrons. The Balaban J connectivity index is 1.73. The van der Waals surface area contributed by atoms with Gasteiger partial charge in [0.25, 0.3) is 0 Å². The second-order valence-corrected chi connectivity index (χ2v) is 6.38. The van der Waals surface area contributed by atoms with Crippen molar-refractivity contribution in [3.63, 3.8) is 0 Å². The summed E-state index contributed by atoms with van der Waals surface area (Å²) in [5.74, 6) is -0.566. The molecule has 3 amide bonds. The molecule has 0 saturated carbocycles. The minimum atomic E-state index is -0.474. The third kappa shape index (κ3) is 3.47. The minimum Gasteiger partial charge on any atom is -0.493 e. The van der Waals surface area contributed by atoms with E-state index in [1.165, 1.54) is 21.3 Å². The molecule has 1 aromatic carbocycles. The van der Waals surface area contributed by atoms with E-state index in [0.29, 0.717) is 35.8 Å². The number of fused-ring (bicyclic) bond motifs is 1. The first-order valence-corrected chi connectivity index (χ1v) is 8.60. The number of rotatable bonds is 6. The van der Waals surface area contributed by atoms with Gasteiger partial charge >= 0.3 is 0 Å². The first-order valence-electron chi connectivity index (χ1n) is 8.60. The lowest BCUT2D eigenvalue weighted by molar-refractivity contribution is -0.142. The van der Waals surface area contributed by atoms with Gasteiger partial charge in [0.1, 0.15) is 6.54 Å². The van der Waals surface area contributed by atoms with Gasteiger partial charge in [-0.05, 0) is 12.8 Å². The van der Waals surface area contributed by atoms with Crippen LogP contribution in [0.2, 0.25) is 0 Å². The molecule has 1 aromatic rings. The van der Waals surface area contributed by atoms with Crippen molar-refractivity contribution in [1.82, 2.24) is 4.90 Å². The molecule has 8 heteroatoms. The van der Waals surface area contributed by atoms with E-state index in [1.54, 1.807) is 12.1 Å². The summed E-state index contributed by atoms with van der Waals surface area (Å²) in [6.45, 7) is -0.318. The molecule has 2 aliphatic rings. The van der Waals surface area contributed by atoms with Gasteiger partial charge in [0.05, 0.1) is 33.2 Å². The normalized spacial score (nSPS) is 21.1. The lowest BCUT2D eigenvalue weighted by Gasteiger charge is -2.17. The maximum absolute atomic E-state index is 12.5. The molecule has 1 aliphatic carbocycles. The number of amides is 3. The standard InChI is InChI=1S/C19H22N2O6/c1-25-14-8-11(9-15(26-2)17(14)27-3)20-16(22)10-21-18(23)12-6-4-5-7-13(12)19(21)24/h4-5,8-9,12-13H,6-7,10H2,1-3H3,(H,20,22). The summed E-state index contributed by atoms with van der Waals surface area (Å²) in [4.78, 5) is 38.4. The number of hydrogen-bond donors (Lipinski definition) is 1. The minimum absolute atomic E-state index is 0.283. The molecule has 1 heterocycles. The van der Waals surface area contributed by atoms with Gasteiger partial charge in [0, 0.05) is 17.8 Å². The lowest BCUT2D eigenvalue weighted by atomic mass is 9.85. The molecule has 1 fully saturated rings. The van der Waals surface area contributed by atoms with E-state index in [0.717, 1.165) is 4.90 Å².